The van der Waals surface area contributed by atoms with Gasteiger partial charge in [0, 0.05) is 17.3 Å². The Morgan fingerprint density at radius 2 is 2.00 bits per heavy atom. The molecule has 22 heavy (non-hydrogen) atoms. The smallest absolute Gasteiger partial charge is 0.355 e. The van der Waals surface area contributed by atoms with Crippen LogP contribution < -0.4 is 5.32 Å². The molecule has 0 aliphatic heterocycles. The molecular weight excluding hydrogens is 284 g/mol. The molecule has 1 fully saturated rings. The average Bonchev–Trinajstić information content (AvgIpc) is 3.04. The van der Waals surface area contributed by atoms with Gasteiger partial charge in [0.25, 0.3) is 5.91 Å². The van der Waals surface area contributed by atoms with E-state index in [-0.39, 0.29) is 18.6 Å². The topological polar surface area (TPSA) is 91.4 Å². The minimum Gasteiger partial charge on any atom is -0.451 e. The summed E-state index contributed by atoms with van der Waals surface area (Å²) in [6, 6.07) is 0.211. The van der Waals surface area contributed by atoms with Crippen LogP contribution in [-0.4, -0.2) is 34.6 Å². The molecular formula is C16H24N2O4. The Labute approximate surface area is 130 Å². The van der Waals surface area contributed by atoms with E-state index in [0.29, 0.717) is 16.8 Å². The van der Waals surface area contributed by atoms with Crippen LogP contribution in [0.5, 0.6) is 0 Å². The average molecular weight is 308 g/mol. The second-order valence-corrected chi connectivity index (χ2v) is 5.96. The molecule has 1 aliphatic carbocycles. The number of aliphatic hydroxyl groups is 1. The van der Waals surface area contributed by atoms with Crippen LogP contribution in [0.1, 0.15) is 66.0 Å². The van der Waals surface area contributed by atoms with Crippen molar-refractivity contribution in [2.45, 2.75) is 58.6 Å². The molecule has 6 heteroatoms. The summed E-state index contributed by atoms with van der Waals surface area (Å²) >= 11 is 0. The number of carbonyl (C=O) groups is 2. The fourth-order valence-electron chi connectivity index (χ4n) is 3.14. The summed E-state index contributed by atoms with van der Waals surface area (Å²) in [7, 11) is 0. The summed E-state index contributed by atoms with van der Waals surface area (Å²) in [6.45, 7) is 4.91. The van der Waals surface area contributed by atoms with Crippen LogP contribution >= 0.6 is 0 Å². The highest BCUT2D eigenvalue weighted by Crippen LogP contribution is 2.24. The second-order valence-electron chi connectivity index (χ2n) is 5.96. The van der Waals surface area contributed by atoms with Crippen LogP contribution in [0.25, 0.3) is 0 Å². The maximum absolute atomic E-state index is 12.1. The van der Waals surface area contributed by atoms with Gasteiger partial charge in [-0.25, -0.2) is 4.79 Å². The van der Waals surface area contributed by atoms with Gasteiger partial charge in [-0.15, -0.1) is 0 Å². The minimum absolute atomic E-state index is 0.211. The number of nitrogens with one attached hydrogen (secondary N) is 2. The van der Waals surface area contributed by atoms with Gasteiger partial charge < -0.3 is 20.1 Å². The number of aromatic amines is 1. The number of aromatic nitrogens is 1. The number of aliphatic hydroxyl groups excluding tert-OH is 1. The van der Waals surface area contributed by atoms with E-state index in [9.17, 15) is 14.7 Å². The number of esters is 1. The molecule has 122 valence electrons. The molecule has 1 heterocycles. The minimum atomic E-state index is -0.663. The molecule has 2 rings (SSSR count). The van der Waals surface area contributed by atoms with Crippen molar-refractivity contribution in [2.75, 3.05) is 6.61 Å². The summed E-state index contributed by atoms with van der Waals surface area (Å²) in [5, 5.41) is 12.6. The van der Waals surface area contributed by atoms with E-state index in [1.165, 1.54) is 0 Å². The van der Waals surface area contributed by atoms with E-state index < -0.39 is 12.1 Å². The van der Waals surface area contributed by atoms with Gasteiger partial charge in [-0.05, 0) is 39.2 Å². The molecule has 0 bridgehead atoms. The maximum Gasteiger partial charge on any atom is 0.355 e. The van der Waals surface area contributed by atoms with Crippen LogP contribution in [0.4, 0.5) is 0 Å². The lowest BCUT2D eigenvalue weighted by molar-refractivity contribution is -0.124. The van der Waals surface area contributed by atoms with Gasteiger partial charge in [0.05, 0.1) is 6.10 Å². The molecule has 1 aromatic heterocycles. The van der Waals surface area contributed by atoms with Crippen molar-refractivity contribution in [3.8, 4) is 0 Å². The largest absolute Gasteiger partial charge is 0.451 e. The molecule has 0 saturated heterocycles. The summed E-state index contributed by atoms with van der Waals surface area (Å²) in [5.41, 5.74) is 2.38. The molecule has 0 aromatic carbocycles. The molecule has 1 saturated carbocycles. The van der Waals surface area contributed by atoms with Crippen molar-refractivity contribution in [2.24, 2.45) is 0 Å². The van der Waals surface area contributed by atoms with Gasteiger partial charge in [-0.1, -0.05) is 12.8 Å². The molecule has 6 nitrogen and oxygen atoms in total. The first-order valence-corrected chi connectivity index (χ1v) is 7.73. The van der Waals surface area contributed by atoms with Crippen LogP contribution in [-0.2, 0) is 9.53 Å². The number of carbonyl (C=O) groups excluding carboxylic acids is 2. The third kappa shape index (κ3) is 3.68. The monoisotopic (exact) mass is 308 g/mol. The SMILES string of the molecule is Cc1[nH]c(C(=O)OCC(=O)NC2CCCC2)c(C)c1[C@@H](C)O. The summed E-state index contributed by atoms with van der Waals surface area (Å²) in [4.78, 5) is 26.8. The molecule has 3 N–H and O–H groups in total. The Hall–Kier alpha value is -1.82. The third-order valence-corrected chi connectivity index (χ3v) is 4.17. The lowest BCUT2D eigenvalue weighted by atomic mass is 10.1. The summed E-state index contributed by atoms with van der Waals surface area (Å²) in [6.07, 6.45) is 3.59. The number of hydrogen-bond donors (Lipinski definition) is 3. The van der Waals surface area contributed by atoms with Crippen LogP contribution in [0.3, 0.4) is 0 Å². The van der Waals surface area contributed by atoms with E-state index in [4.69, 9.17) is 4.74 Å². The first kappa shape index (κ1) is 16.5. The molecule has 1 aliphatic rings. The van der Waals surface area contributed by atoms with E-state index >= 15 is 0 Å². The lowest BCUT2D eigenvalue weighted by Crippen LogP contribution is -2.36. The molecule has 0 radical (unpaired) electrons. The van der Waals surface area contributed by atoms with Crippen molar-refractivity contribution < 1.29 is 19.4 Å². The molecule has 1 aromatic rings. The molecule has 1 atom stereocenters. The molecule has 0 unspecified atom stereocenters. The predicted octanol–water partition coefficient (Wildman–Crippen LogP) is 1.90. The Kier molecular flexibility index (Phi) is 5.24. The first-order valence-electron chi connectivity index (χ1n) is 7.73. The number of aryl methyl sites for hydroxylation is 1. The highest BCUT2D eigenvalue weighted by molar-refractivity contribution is 5.91. The number of amides is 1. The fourth-order valence-corrected chi connectivity index (χ4v) is 3.14. The molecule has 0 spiro atoms. The van der Waals surface area contributed by atoms with Gasteiger partial charge in [-0.3, -0.25) is 4.79 Å². The Bertz CT molecular complexity index is 557. The first-order chi connectivity index (χ1) is 10.4. The second kappa shape index (κ2) is 6.96. The fraction of sp³-hybridized carbons (Fsp3) is 0.625. The van der Waals surface area contributed by atoms with Crippen molar-refractivity contribution in [1.29, 1.82) is 0 Å². The zero-order valence-electron chi connectivity index (χ0n) is 13.4. The zero-order valence-corrected chi connectivity index (χ0v) is 13.4. The lowest BCUT2D eigenvalue weighted by Gasteiger charge is -2.12. The number of rotatable bonds is 5. The van der Waals surface area contributed by atoms with Crippen molar-refractivity contribution in [3.05, 3.63) is 22.5 Å². The normalized spacial score (nSPS) is 16.5. The zero-order chi connectivity index (χ0) is 16.3. The van der Waals surface area contributed by atoms with E-state index in [1.807, 2.05) is 0 Å². The molecule has 1 amide bonds. The van der Waals surface area contributed by atoms with Gasteiger partial charge in [-0.2, -0.15) is 0 Å². The Balaban J connectivity index is 1.92. The van der Waals surface area contributed by atoms with Crippen molar-refractivity contribution in [3.63, 3.8) is 0 Å². The van der Waals surface area contributed by atoms with Crippen LogP contribution in [0.15, 0.2) is 0 Å². The highest BCUT2D eigenvalue weighted by atomic mass is 16.5. The van der Waals surface area contributed by atoms with E-state index in [2.05, 4.69) is 10.3 Å². The van der Waals surface area contributed by atoms with Crippen molar-refractivity contribution in [1.82, 2.24) is 10.3 Å². The number of H-pyrrole nitrogens is 1. The van der Waals surface area contributed by atoms with Gasteiger partial charge in [0.2, 0.25) is 0 Å². The van der Waals surface area contributed by atoms with Gasteiger partial charge >= 0.3 is 5.97 Å². The quantitative estimate of drug-likeness (QED) is 0.725. The van der Waals surface area contributed by atoms with Gasteiger partial charge in [0.15, 0.2) is 6.61 Å². The highest BCUT2D eigenvalue weighted by Gasteiger charge is 2.22. The Morgan fingerprint density at radius 3 is 2.55 bits per heavy atom. The van der Waals surface area contributed by atoms with Crippen molar-refractivity contribution >= 4 is 11.9 Å². The van der Waals surface area contributed by atoms with E-state index in [0.717, 1.165) is 31.4 Å². The van der Waals surface area contributed by atoms with Crippen LogP contribution in [0, 0.1) is 13.8 Å². The Morgan fingerprint density at radius 1 is 1.36 bits per heavy atom. The maximum atomic E-state index is 12.1. The number of hydrogen-bond acceptors (Lipinski definition) is 4. The van der Waals surface area contributed by atoms with Gasteiger partial charge in [0.1, 0.15) is 5.69 Å². The summed E-state index contributed by atoms with van der Waals surface area (Å²) < 4.78 is 5.07. The van der Waals surface area contributed by atoms with Crippen LogP contribution in [0.2, 0.25) is 0 Å². The van der Waals surface area contributed by atoms with E-state index in [1.54, 1.807) is 20.8 Å². The third-order valence-electron chi connectivity index (χ3n) is 4.17. The standard InChI is InChI=1S/C16H24N2O4/c1-9-14(11(3)19)10(2)17-15(9)16(21)22-8-13(20)18-12-6-4-5-7-12/h11-12,17,19H,4-8H2,1-3H3,(H,18,20)/t11-/m1/s1. The number of ether oxygens (including phenoxy) is 1. The summed E-state index contributed by atoms with van der Waals surface area (Å²) in [5.74, 6) is -0.842. The predicted molar refractivity (Wildman–Crippen MR) is 81.6 cm³/mol.